The minimum atomic E-state index is 0.259. The molecule has 1 aromatic heterocycles. The highest BCUT2D eigenvalue weighted by molar-refractivity contribution is 7.80. The fraction of sp³-hybridized carbons (Fsp3) is 0.0769. The van der Waals surface area contributed by atoms with E-state index in [4.69, 9.17) is 34.3 Å². The Bertz CT molecular complexity index is 584. The maximum Gasteiger partial charge on any atom is 0.146 e. The molecule has 1 aromatic carbocycles. The van der Waals surface area contributed by atoms with E-state index in [9.17, 15) is 0 Å². The first kappa shape index (κ1) is 12.8. The van der Waals surface area contributed by atoms with Crippen molar-refractivity contribution in [3.63, 3.8) is 0 Å². The fourth-order valence-corrected chi connectivity index (χ4v) is 1.80. The zero-order valence-corrected chi connectivity index (χ0v) is 11.3. The van der Waals surface area contributed by atoms with Gasteiger partial charge < -0.3 is 10.5 Å². The van der Waals surface area contributed by atoms with Crippen LogP contribution in [0.15, 0.2) is 36.5 Å². The lowest BCUT2D eigenvalue weighted by Gasteiger charge is -2.08. The molecule has 0 atom stereocenters. The van der Waals surface area contributed by atoms with Crippen LogP contribution in [-0.4, -0.2) is 9.97 Å². The number of pyridine rings is 1. The van der Waals surface area contributed by atoms with Crippen molar-refractivity contribution in [1.82, 2.24) is 4.98 Å². The van der Waals surface area contributed by atoms with E-state index >= 15 is 0 Å². The average Bonchev–Trinajstić information content (AvgIpc) is 2.33. The van der Waals surface area contributed by atoms with E-state index in [1.165, 1.54) is 0 Å². The largest absolute Gasteiger partial charge is 0.454 e. The second kappa shape index (κ2) is 5.33. The van der Waals surface area contributed by atoms with Gasteiger partial charge in [-0.3, -0.25) is 0 Å². The van der Waals surface area contributed by atoms with Gasteiger partial charge in [0.05, 0.1) is 16.9 Å². The highest BCUT2D eigenvalue weighted by Gasteiger charge is 2.04. The predicted molar refractivity (Wildman–Crippen MR) is 76.4 cm³/mol. The topological polar surface area (TPSA) is 48.1 Å². The Morgan fingerprint density at radius 3 is 2.67 bits per heavy atom. The van der Waals surface area contributed by atoms with Crippen LogP contribution in [0.25, 0.3) is 0 Å². The van der Waals surface area contributed by atoms with Crippen molar-refractivity contribution in [2.45, 2.75) is 6.92 Å². The van der Waals surface area contributed by atoms with Crippen LogP contribution in [0.3, 0.4) is 0 Å². The quantitative estimate of drug-likeness (QED) is 0.874. The molecule has 0 aliphatic heterocycles. The molecule has 0 unspecified atom stereocenters. The summed E-state index contributed by atoms with van der Waals surface area (Å²) in [6, 6.07) is 9.04. The maximum absolute atomic E-state index is 6.07. The molecule has 5 heteroatoms. The summed E-state index contributed by atoms with van der Waals surface area (Å²) in [5.74, 6) is 1.17. The SMILES string of the molecule is Cc1ccc(Oc2ccc(C(N)=S)nc2)c(Cl)c1. The van der Waals surface area contributed by atoms with E-state index in [2.05, 4.69) is 4.98 Å². The number of aryl methyl sites for hydroxylation is 1. The molecule has 0 aliphatic carbocycles. The first-order valence-corrected chi connectivity index (χ1v) is 6.05. The Hall–Kier alpha value is -1.65. The van der Waals surface area contributed by atoms with E-state index in [1.54, 1.807) is 18.3 Å². The first-order valence-electron chi connectivity index (χ1n) is 5.26. The van der Waals surface area contributed by atoms with Gasteiger partial charge in [-0.25, -0.2) is 4.98 Å². The van der Waals surface area contributed by atoms with Crippen molar-refractivity contribution in [2.24, 2.45) is 5.73 Å². The fourth-order valence-electron chi connectivity index (χ4n) is 1.40. The monoisotopic (exact) mass is 278 g/mol. The zero-order chi connectivity index (χ0) is 13.1. The molecule has 2 aromatic rings. The summed E-state index contributed by atoms with van der Waals surface area (Å²) in [4.78, 5) is 4.35. The van der Waals surface area contributed by atoms with Gasteiger partial charge in [0.25, 0.3) is 0 Å². The van der Waals surface area contributed by atoms with Gasteiger partial charge in [0.2, 0.25) is 0 Å². The third kappa shape index (κ3) is 2.97. The van der Waals surface area contributed by atoms with Crippen molar-refractivity contribution in [2.75, 3.05) is 0 Å². The van der Waals surface area contributed by atoms with Gasteiger partial charge in [-0.05, 0) is 36.8 Å². The number of aromatic nitrogens is 1. The van der Waals surface area contributed by atoms with Crippen molar-refractivity contribution >= 4 is 28.8 Å². The van der Waals surface area contributed by atoms with Gasteiger partial charge in [-0.15, -0.1) is 0 Å². The van der Waals surface area contributed by atoms with Gasteiger partial charge in [0, 0.05) is 0 Å². The average molecular weight is 279 g/mol. The molecule has 92 valence electrons. The molecular formula is C13H11ClN2OS. The Labute approximate surface area is 116 Å². The molecule has 1 heterocycles. The number of benzene rings is 1. The van der Waals surface area contributed by atoms with Gasteiger partial charge >= 0.3 is 0 Å². The van der Waals surface area contributed by atoms with Crippen LogP contribution >= 0.6 is 23.8 Å². The Morgan fingerprint density at radius 2 is 2.11 bits per heavy atom. The van der Waals surface area contributed by atoms with Crippen LogP contribution < -0.4 is 10.5 Å². The first-order chi connectivity index (χ1) is 8.56. The van der Waals surface area contributed by atoms with Gasteiger partial charge in [0.15, 0.2) is 0 Å². The number of nitrogens with two attached hydrogens (primary N) is 1. The van der Waals surface area contributed by atoms with Gasteiger partial charge in [-0.2, -0.15) is 0 Å². The zero-order valence-electron chi connectivity index (χ0n) is 9.68. The van der Waals surface area contributed by atoms with Crippen LogP contribution in [0.5, 0.6) is 11.5 Å². The van der Waals surface area contributed by atoms with E-state index < -0.39 is 0 Å². The summed E-state index contributed by atoms with van der Waals surface area (Å²) in [6.07, 6.45) is 1.56. The van der Waals surface area contributed by atoms with Crippen LogP contribution in [0.2, 0.25) is 5.02 Å². The smallest absolute Gasteiger partial charge is 0.146 e. The maximum atomic E-state index is 6.07. The van der Waals surface area contributed by atoms with E-state index in [1.807, 2.05) is 25.1 Å². The number of ether oxygens (including phenoxy) is 1. The summed E-state index contributed by atoms with van der Waals surface area (Å²) in [5, 5.41) is 0.563. The third-order valence-corrected chi connectivity index (χ3v) is 2.81. The van der Waals surface area contributed by atoms with E-state index in [0.29, 0.717) is 22.2 Å². The normalized spacial score (nSPS) is 10.1. The highest BCUT2D eigenvalue weighted by atomic mass is 35.5. The molecule has 0 amide bonds. The van der Waals surface area contributed by atoms with Crippen molar-refractivity contribution in [1.29, 1.82) is 0 Å². The summed E-state index contributed by atoms with van der Waals surface area (Å²) in [5.41, 5.74) is 7.10. The molecule has 0 bridgehead atoms. The number of halogens is 1. The number of hydrogen-bond donors (Lipinski definition) is 1. The lowest BCUT2D eigenvalue weighted by molar-refractivity contribution is 0.480. The third-order valence-electron chi connectivity index (χ3n) is 2.30. The van der Waals surface area contributed by atoms with Crippen LogP contribution in [0.1, 0.15) is 11.3 Å². The molecule has 2 N–H and O–H groups in total. The predicted octanol–water partition coefficient (Wildman–Crippen LogP) is 3.47. The minimum Gasteiger partial charge on any atom is -0.454 e. The summed E-state index contributed by atoms with van der Waals surface area (Å²) >= 11 is 10.9. The minimum absolute atomic E-state index is 0.259. The van der Waals surface area contributed by atoms with Gasteiger partial charge in [-0.1, -0.05) is 29.9 Å². The van der Waals surface area contributed by atoms with Crippen LogP contribution in [-0.2, 0) is 0 Å². The molecule has 3 nitrogen and oxygen atoms in total. The lowest BCUT2D eigenvalue weighted by Crippen LogP contribution is -2.10. The molecule has 0 spiro atoms. The standard InChI is InChI=1S/C13H11ClN2OS/c1-8-2-5-12(10(14)6-8)17-9-3-4-11(13(15)18)16-7-9/h2-7H,1H3,(H2,15,18). The van der Waals surface area contributed by atoms with Crippen molar-refractivity contribution in [3.05, 3.63) is 52.8 Å². The number of hydrogen-bond acceptors (Lipinski definition) is 3. The number of nitrogens with zero attached hydrogens (tertiary/aromatic N) is 1. The molecule has 0 saturated heterocycles. The van der Waals surface area contributed by atoms with Gasteiger partial charge in [0.1, 0.15) is 16.5 Å². The van der Waals surface area contributed by atoms with E-state index in [0.717, 1.165) is 5.56 Å². The number of rotatable bonds is 3. The molecule has 0 saturated carbocycles. The molecule has 18 heavy (non-hydrogen) atoms. The van der Waals surface area contributed by atoms with E-state index in [-0.39, 0.29) is 4.99 Å². The Kier molecular flexibility index (Phi) is 3.79. The molecule has 0 fully saturated rings. The van der Waals surface area contributed by atoms with Crippen molar-refractivity contribution < 1.29 is 4.74 Å². The summed E-state index contributed by atoms with van der Waals surface area (Å²) < 4.78 is 5.62. The van der Waals surface area contributed by atoms with Crippen molar-refractivity contribution in [3.8, 4) is 11.5 Å². The van der Waals surface area contributed by atoms with Crippen LogP contribution in [0, 0.1) is 6.92 Å². The summed E-state index contributed by atoms with van der Waals surface area (Å²) in [7, 11) is 0. The molecule has 0 radical (unpaired) electrons. The lowest BCUT2D eigenvalue weighted by atomic mass is 10.2. The summed E-state index contributed by atoms with van der Waals surface area (Å²) in [6.45, 7) is 1.97. The van der Waals surface area contributed by atoms with Crippen LogP contribution in [0.4, 0.5) is 0 Å². The molecular weight excluding hydrogens is 268 g/mol. The Balaban J connectivity index is 2.21. The molecule has 0 aliphatic rings. The highest BCUT2D eigenvalue weighted by Crippen LogP contribution is 2.29. The number of thiocarbonyl (C=S) groups is 1. The second-order valence-electron chi connectivity index (χ2n) is 3.78. The Morgan fingerprint density at radius 1 is 1.33 bits per heavy atom. The second-order valence-corrected chi connectivity index (χ2v) is 4.63. The molecule has 2 rings (SSSR count).